The second-order valence-corrected chi connectivity index (χ2v) is 7.33. The smallest absolute Gasteiger partial charge is 0.0860 e. The number of aryl methyl sites for hydroxylation is 2. The predicted octanol–water partition coefficient (Wildman–Crippen LogP) is 2.83. The molecule has 3 rings (SSSR count). The van der Waals surface area contributed by atoms with E-state index in [9.17, 15) is 0 Å². The molecule has 1 aromatic heterocycles. The Labute approximate surface area is 132 Å². The fourth-order valence-corrected chi connectivity index (χ4v) is 3.85. The summed E-state index contributed by atoms with van der Waals surface area (Å²) in [5.41, 5.74) is 2.38. The number of halogens is 1. The molecule has 1 aliphatic heterocycles. The maximum absolute atomic E-state index is 6.51. The molecule has 2 atom stereocenters. The zero-order valence-electron chi connectivity index (χ0n) is 13.6. The third kappa shape index (κ3) is 2.73. The van der Waals surface area contributed by atoms with E-state index >= 15 is 0 Å². The summed E-state index contributed by atoms with van der Waals surface area (Å²) >= 11 is 6.51. The number of hydrogen-bond donors (Lipinski definition) is 1. The van der Waals surface area contributed by atoms with Crippen molar-refractivity contribution in [3.8, 4) is 0 Å². The van der Waals surface area contributed by atoms with Crippen LogP contribution in [0.4, 0.5) is 0 Å². The van der Waals surface area contributed by atoms with Gasteiger partial charge in [-0.3, -0.25) is 9.58 Å². The summed E-state index contributed by atoms with van der Waals surface area (Å²) in [7, 11) is 0. The summed E-state index contributed by atoms with van der Waals surface area (Å²) in [6.45, 7) is 12.8. The summed E-state index contributed by atoms with van der Waals surface area (Å²) in [5, 5.41) is 9.07. The zero-order chi connectivity index (χ0) is 15.2. The monoisotopic (exact) mass is 310 g/mol. The molecule has 5 heteroatoms. The second kappa shape index (κ2) is 5.56. The molecule has 0 amide bonds. The van der Waals surface area contributed by atoms with Gasteiger partial charge in [-0.25, -0.2) is 0 Å². The van der Waals surface area contributed by atoms with Gasteiger partial charge in [0.2, 0.25) is 0 Å². The lowest BCUT2D eigenvalue weighted by Gasteiger charge is -2.48. The Kier molecular flexibility index (Phi) is 4.06. The lowest BCUT2D eigenvalue weighted by Crippen LogP contribution is -2.63. The van der Waals surface area contributed by atoms with Crippen LogP contribution in [0.2, 0.25) is 5.02 Å². The van der Waals surface area contributed by atoms with Crippen LogP contribution >= 0.6 is 11.6 Å². The van der Waals surface area contributed by atoms with Crippen LogP contribution in [0.3, 0.4) is 0 Å². The lowest BCUT2D eigenvalue weighted by molar-refractivity contribution is 0.0291. The average Bonchev–Trinajstić information content (AvgIpc) is 3.26. The Morgan fingerprint density at radius 3 is 2.76 bits per heavy atom. The molecule has 1 N–H and O–H groups in total. The van der Waals surface area contributed by atoms with Crippen molar-refractivity contribution in [2.45, 2.75) is 65.2 Å². The SMILES string of the molecule is CCn1nc(C)c(Cl)c1CN1CC(C)NCC1(C)C1CC1. The molecular weight excluding hydrogens is 284 g/mol. The van der Waals surface area contributed by atoms with Gasteiger partial charge in [-0.15, -0.1) is 0 Å². The zero-order valence-corrected chi connectivity index (χ0v) is 14.4. The van der Waals surface area contributed by atoms with Crippen molar-refractivity contribution in [1.29, 1.82) is 0 Å². The van der Waals surface area contributed by atoms with Crippen molar-refractivity contribution in [3.05, 3.63) is 16.4 Å². The number of piperazine rings is 1. The van der Waals surface area contributed by atoms with Gasteiger partial charge in [-0.05, 0) is 46.5 Å². The molecule has 2 heterocycles. The topological polar surface area (TPSA) is 33.1 Å². The largest absolute Gasteiger partial charge is 0.311 e. The van der Waals surface area contributed by atoms with E-state index in [2.05, 4.69) is 40.8 Å². The minimum Gasteiger partial charge on any atom is -0.311 e. The highest BCUT2D eigenvalue weighted by molar-refractivity contribution is 6.31. The Morgan fingerprint density at radius 1 is 1.43 bits per heavy atom. The van der Waals surface area contributed by atoms with Crippen molar-refractivity contribution >= 4 is 11.6 Å². The van der Waals surface area contributed by atoms with Gasteiger partial charge >= 0.3 is 0 Å². The molecule has 1 saturated heterocycles. The van der Waals surface area contributed by atoms with E-state index < -0.39 is 0 Å². The minimum atomic E-state index is 0.257. The fourth-order valence-electron chi connectivity index (χ4n) is 3.65. The van der Waals surface area contributed by atoms with Gasteiger partial charge in [0.25, 0.3) is 0 Å². The Morgan fingerprint density at radius 2 is 2.14 bits per heavy atom. The van der Waals surface area contributed by atoms with Gasteiger partial charge in [0.1, 0.15) is 0 Å². The average molecular weight is 311 g/mol. The highest BCUT2D eigenvalue weighted by Gasteiger charge is 2.48. The van der Waals surface area contributed by atoms with Crippen LogP contribution in [0.5, 0.6) is 0 Å². The van der Waals surface area contributed by atoms with E-state index in [4.69, 9.17) is 11.6 Å². The van der Waals surface area contributed by atoms with E-state index in [1.807, 2.05) is 6.92 Å². The summed E-state index contributed by atoms with van der Waals surface area (Å²) in [6.07, 6.45) is 2.73. The first-order valence-corrected chi connectivity index (χ1v) is 8.53. The number of rotatable bonds is 4. The molecule has 0 aromatic carbocycles. The molecule has 118 valence electrons. The van der Waals surface area contributed by atoms with E-state index in [-0.39, 0.29) is 5.54 Å². The van der Waals surface area contributed by atoms with Gasteiger partial charge in [0.05, 0.1) is 16.4 Å². The highest BCUT2D eigenvalue weighted by atomic mass is 35.5. The van der Waals surface area contributed by atoms with E-state index in [1.165, 1.54) is 18.5 Å². The van der Waals surface area contributed by atoms with Crippen LogP contribution in [0.1, 0.15) is 45.0 Å². The number of aromatic nitrogens is 2. The molecule has 2 fully saturated rings. The standard InChI is InChI=1S/C16H27ClN4/c1-5-21-14(15(17)12(3)19-21)9-20-8-11(2)18-10-16(20,4)13-6-7-13/h11,13,18H,5-10H2,1-4H3. The Bertz CT molecular complexity index is 523. The molecule has 2 unspecified atom stereocenters. The van der Waals surface area contributed by atoms with E-state index in [0.717, 1.165) is 42.8 Å². The molecule has 0 bridgehead atoms. The van der Waals surface area contributed by atoms with Gasteiger partial charge in [0, 0.05) is 37.8 Å². The van der Waals surface area contributed by atoms with E-state index in [0.29, 0.717) is 6.04 Å². The lowest BCUT2D eigenvalue weighted by atomic mass is 9.89. The third-order valence-electron chi connectivity index (χ3n) is 5.28. The highest BCUT2D eigenvalue weighted by Crippen LogP contribution is 2.44. The minimum absolute atomic E-state index is 0.257. The molecule has 1 saturated carbocycles. The molecule has 4 nitrogen and oxygen atoms in total. The molecule has 21 heavy (non-hydrogen) atoms. The summed E-state index contributed by atoms with van der Waals surface area (Å²) in [5.74, 6) is 0.829. The first kappa shape index (κ1) is 15.3. The second-order valence-electron chi connectivity index (χ2n) is 6.96. The third-order valence-corrected chi connectivity index (χ3v) is 5.77. The summed E-state index contributed by atoms with van der Waals surface area (Å²) < 4.78 is 2.07. The first-order valence-electron chi connectivity index (χ1n) is 8.16. The van der Waals surface area contributed by atoms with Gasteiger partial charge in [-0.1, -0.05) is 11.6 Å². The number of nitrogens with zero attached hydrogens (tertiary/aromatic N) is 3. The summed E-state index contributed by atoms with van der Waals surface area (Å²) in [4.78, 5) is 2.64. The molecule has 2 aliphatic rings. The first-order chi connectivity index (χ1) is 9.95. The van der Waals surface area contributed by atoms with Crippen LogP contribution < -0.4 is 5.32 Å². The van der Waals surface area contributed by atoms with Crippen LogP contribution in [0.25, 0.3) is 0 Å². The van der Waals surface area contributed by atoms with Crippen molar-refractivity contribution in [3.63, 3.8) is 0 Å². The van der Waals surface area contributed by atoms with Crippen LogP contribution in [-0.4, -0.2) is 39.4 Å². The Hall–Kier alpha value is -0.580. The fraction of sp³-hybridized carbons (Fsp3) is 0.812. The van der Waals surface area contributed by atoms with Crippen LogP contribution in [0, 0.1) is 12.8 Å². The maximum atomic E-state index is 6.51. The number of hydrogen-bond acceptors (Lipinski definition) is 3. The predicted molar refractivity (Wildman–Crippen MR) is 86.7 cm³/mol. The van der Waals surface area contributed by atoms with Crippen molar-refractivity contribution in [2.24, 2.45) is 5.92 Å². The Balaban J connectivity index is 1.87. The molecule has 0 spiro atoms. The molecule has 1 aliphatic carbocycles. The van der Waals surface area contributed by atoms with E-state index in [1.54, 1.807) is 0 Å². The van der Waals surface area contributed by atoms with Gasteiger partial charge < -0.3 is 5.32 Å². The molecule has 1 aromatic rings. The van der Waals surface area contributed by atoms with Crippen LogP contribution in [-0.2, 0) is 13.1 Å². The van der Waals surface area contributed by atoms with Crippen molar-refractivity contribution in [1.82, 2.24) is 20.0 Å². The van der Waals surface area contributed by atoms with Gasteiger partial charge in [-0.2, -0.15) is 5.10 Å². The molecule has 0 radical (unpaired) electrons. The normalized spacial score (nSPS) is 30.8. The van der Waals surface area contributed by atoms with Crippen molar-refractivity contribution < 1.29 is 0 Å². The van der Waals surface area contributed by atoms with Crippen LogP contribution in [0.15, 0.2) is 0 Å². The maximum Gasteiger partial charge on any atom is 0.0860 e. The molecular formula is C16H27ClN4. The summed E-state index contributed by atoms with van der Waals surface area (Å²) in [6, 6.07) is 0.537. The number of nitrogens with one attached hydrogen (secondary N) is 1. The quantitative estimate of drug-likeness (QED) is 0.928. The van der Waals surface area contributed by atoms with Gasteiger partial charge in [0.15, 0.2) is 0 Å². The van der Waals surface area contributed by atoms with Crippen molar-refractivity contribution in [2.75, 3.05) is 13.1 Å².